The molecule has 116 valence electrons. The van der Waals surface area contributed by atoms with Gasteiger partial charge in [0.15, 0.2) is 0 Å². The molecule has 3 rings (SSSR count). The summed E-state index contributed by atoms with van der Waals surface area (Å²) in [6.45, 7) is 11.0. The molecule has 0 aromatic heterocycles. The van der Waals surface area contributed by atoms with Crippen molar-refractivity contribution in [1.82, 2.24) is 10.2 Å². The molecule has 1 aliphatic heterocycles. The largest absolute Gasteiger partial charge is 0.308 e. The number of piperazine rings is 1. The summed E-state index contributed by atoms with van der Waals surface area (Å²) in [6, 6.07) is 0.779. The number of hydrogen-bond acceptors (Lipinski definition) is 2. The molecule has 1 atom stereocenters. The Kier molecular flexibility index (Phi) is 4.42. The van der Waals surface area contributed by atoms with Crippen molar-refractivity contribution in [3.63, 3.8) is 0 Å². The van der Waals surface area contributed by atoms with Crippen LogP contribution in [0.2, 0.25) is 0 Å². The first kappa shape index (κ1) is 14.8. The zero-order chi connectivity index (χ0) is 14.2. The fourth-order valence-electron chi connectivity index (χ4n) is 4.38. The normalized spacial score (nSPS) is 30.9. The van der Waals surface area contributed by atoms with E-state index in [1.807, 2.05) is 0 Å². The lowest BCUT2D eigenvalue weighted by Gasteiger charge is -2.48. The van der Waals surface area contributed by atoms with E-state index in [9.17, 15) is 0 Å². The number of nitrogens with one attached hydrogen (secondary N) is 1. The molecule has 1 N–H and O–H groups in total. The molecular formula is C18H34N2. The van der Waals surface area contributed by atoms with Crippen LogP contribution < -0.4 is 5.32 Å². The molecule has 0 spiro atoms. The van der Waals surface area contributed by atoms with Gasteiger partial charge in [0.05, 0.1) is 0 Å². The highest BCUT2D eigenvalue weighted by Gasteiger charge is 2.44. The van der Waals surface area contributed by atoms with Crippen LogP contribution in [-0.2, 0) is 0 Å². The minimum Gasteiger partial charge on any atom is -0.308 e. The van der Waals surface area contributed by atoms with Crippen LogP contribution in [0.15, 0.2) is 0 Å². The molecule has 3 aliphatic rings. The van der Waals surface area contributed by atoms with Gasteiger partial charge in [-0.05, 0) is 62.7 Å². The Hall–Kier alpha value is -0.0800. The van der Waals surface area contributed by atoms with Crippen molar-refractivity contribution < 1.29 is 0 Å². The van der Waals surface area contributed by atoms with Gasteiger partial charge in [-0.2, -0.15) is 0 Å². The first-order chi connectivity index (χ1) is 9.71. The molecular weight excluding hydrogens is 244 g/mol. The summed E-state index contributed by atoms with van der Waals surface area (Å²) in [6.07, 6.45) is 9.95. The monoisotopic (exact) mass is 278 g/mol. The van der Waals surface area contributed by atoms with Gasteiger partial charge >= 0.3 is 0 Å². The maximum Gasteiger partial charge on any atom is 0.0304 e. The third-order valence-electron chi connectivity index (χ3n) is 6.46. The molecule has 2 heteroatoms. The second kappa shape index (κ2) is 5.96. The summed E-state index contributed by atoms with van der Waals surface area (Å²) < 4.78 is 0. The van der Waals surface area contributed by atoms with Gasteiger partial charge in [-0.3, -0.25) is 4.90 Å². The van der Waals surface area contributed by atoms with Gasteiger partial charge in [0.25, 0.3) is 0 Å². The van der Waals surface area contributed by atoms with Crippen molar-refractivity contribution in [3.05, 3.63) is 0 Å². The smallest absolute Gasteiger partial charge is 0.0304 e. The second-order valence-corrected chi connectivity index (χ2v) is 7.70. The third-order valence-corrected chi connectivity index (χ3v) is 6.46. The van der Waals surface area contributed by atoms with Crippen LogP contribution >= 0.6 is 0 Å². The third kappa shape index (κ3) is 3.06. The van der Waals surface area contributed by atoms with Crippen LogP contribution in [0.4, 0.5) is 0 Å². The Morgan fingerprint density at radius 3 is 2.10 bits per heavy atom. The maximum absolute atomic E-state index is 3.88. The van der Waals surface area contributed by atoms with E-state index in [0.717, 1.165) is 23.8 Å². The van der Waals surface area contributed by atoms with Crippen LogP contribution in [-0.4, -0.2) is 36.1 Å². The molecule has 1 heterocycles. The molecule has 0 radical (unpaired) electrons. The minimum atomic E-state index is 0.392. The minimum absolute atomic E-state index is 0.392. The van der Waals surface area contributed by atoms with E-state index in [0.29, 0.717) is 5.54 Å². The molecule has 2 nitrogen and oxygen atoms in total. The van der Waals surface area contributed by atoms with E-state index in [-0.39, 0.29) is 0 Å². The lowest BCUT2D eigenvalue weighted by atomic mass is 9.86. The molecule has 3 fully saturated rings. The van der Waals surface area contributed by atoms with Gasteiger partial charge in [-0.15, -0.1) is 0 Å². The first-order valence-electron chi connectivity index (χ1n) is 9.20. The van der Waals surface area contributed by atoms with Crippen molar-refractivity contribution in [2.45, 2.75) is 77.3 Å². The predicted octanol–water partition coefficient (Wildman–Crippen LogP) is 3.67. The summed E-state index contributed by atoms with van der Waals surface area (Å²) in [4.78, 5) is 2.88. The van der Waals surface area contributed by atoms with Crippen molar-refractivity contribution in [2.75, 3.05) is 19.6 Å². The number of nitrogens with zero attached hydrogens (tertiary/aromatic N) is 1. The molecule has 2 aliphatic carbocycles. The fraction of sp³-hybridized carbons (Fsp3) is 1.00. The summed E-state index contributed by atoms with van der Waals surface area (Å²) in [7, 11) is 0. The molecule has 2 saturated carbocycles. The Bertz CT molecular complexity index is 303. The Balaban J connectivity index is 1.66. The quantitative estimate of drug-likeness (QED) is 0.764. The van der Waals surface area contributed by atoms with Gasteiger partial charge in [0.2, 0.25) is 0 Å². The second-order valence-electron chi connectivity index (χ2n) is 7.70. The Morgan fingerprint density at radius 2 is 1.65 bits per heavy atom. The summed E-state index contributed by atoms with van der Waals surface area (Å²) in [5, 5.41) is 3.88. The van der Waals surface area contributed by atoms with E-state index >= 15 is 0 Å². The summed E-state index contributed by atoms with van der Waals surface area (Å²) in [5.41, 5.74) is 0.392. The van der Waals surface area contributed by atoms with Gasteiger partial charge < -0.3 is 5.32 Å². The molecule has 0 amide bonds. The summed E-state index contributed by atoms with van der Waals surface area (Å²) in [5.74, 6) is 3.22. The molecule has 0 bridgehead atoms. The zero-order valence-electron chi connectivity index (χ0n) is 13.8. The van der Waals surface area contributed by atoms with Gasteiger partial charge in [-0.25, -0.2) is 0 Å². The van der Waals surface area contributed by atoms with E-state index < -0.39 is 0 Å². The van der Waals surface area contributed by atoms with Crippen LogP contribution in [0.25, 0.3) is 0 Å². The van der Waals surface area contributed by atoms with Crippen molar-refractivity contribution in [2.24, 2.45) is 17.8 Å². The van der Waals surface area contributed by atoms with Crippen LogP contribution in [0, 0.1) is 17.8 Å². The van der Waals surface area contributed by atoms with Crippen LogP contribution in [0.1, 0.15) is 65.7 Å². The predicted molar refractivity (Wildman–Crippen MR) is 85.9 cm³/mol. The van der Waals surface area contributed by atoms with Crippen LogP contribution in [0.5, 0.6) is 0 Å². The van der Waals surface area contributed by atoms with Crippen molar-refractivity contribution in [3.8, 4) is 0 Å². The highest BCUT2D eigenvalue weighted by Crippen LogP contribution is 2.49. The highest BCUT2D eigenvalue weighted by atomic mass is 15.3. The topological polar surface area (TPSA) is 15.3 Å². The SMILES string of the molecule is CCC1CNC(CC)(CC)CN1CC(C1CC1)C1CC1. The lowest BCUT2D eigenvalue weighted by molar-refractivity contribution is 0.0506. The van der Waals surface area contributed by atoms with Crippen molar-refractivity contribution in [1.29, 1.82) is 0 Å². The van der Waals surface area contributed by atoms with Gasteiger partial charge in [0, 0.05) is 31.2 Å². The first-order valence-corrected chi connectivity index (χ1v) is 9.20. The lowest BCUT2D eigenvalue weighted by Crippen LogP contribution is -2.64. The van der Waals surface area contributed by atoms with E-state index in [1.165, 1.54) is 64.6 Å². The molecule has 0 aromatic rings. The van der Waals surface area contributed by atoms with Crippen LogP contribution in [0.3, 0.4) is 0 Å². The number of hydrogen-bond donors (Lipinski definition) is 1. The zero-order valence-corrected chi connectivity index (χ0v) is 13.8. The molecule has 20 heavy (non-hydrogen) atoms. The fourth-order valence-corrected chi connectivity index (χ4v) is 4.38. The standard InChI is InChI=1S/C18H34N2/c1-4-16-11-19-18(5-2,6-3)13-20(16)12-17(14-7-8-14)15-9-10-15/h14-17,19H,4-13H2,1-3H3. The number of rotatable bonds is 7. The average Bonchev–Trinajstić information content (AvgIpc) is 3.37. The highest BCUT2D eigenvalue weighted by molar-refractivity contribution is 4.99. The van der Waals surface area contributed by atoms with Gasteiger partial charge in [-0.1, -0.05) is 20.8 Å². The molecule has 1 unspecified atom stereocenters. The Morgan fingerprint density at radius 1 is 1.05 bits per heavy atom. The maximum atomic E-state index is 3.88. The van der Waals surface area contributed by atoms with Gasteiger partial charge in [0.1, 0.15) is 0 Å². The summed E-state index contributed by atoms with van der Waals surface area (Å²) >= 11 is 0. The van der Waals surface area contributed by atoms with E-state index in [1.54, 1.807) is 0 Å². The van der Waals surface area contributed by atoms with E-state index in [4.69, 9.17) is 0 Å². The molecule has 0 aromatic carbocycles. The van der Waals surface area contributed by atoms with E-state index in [2.05, 4.69) is 31.0 Å². The Labute approximate surface area is 125 Å². The van der Waals surface area contributed by atoms with Crippen molar-refractivity contribution >= 4 is 0 Å². The molecule has 1 saturated heterocycles. The average molecular weight is 278 g/mol.